The van der Waals surface area contributed by atoms with E-state index in [1.54, 1.807) is 12.3 Å². The van der Waals surface area contributed by atoms with Crippen molar-refractivity contribution in [2.75, 3.05) is 33.4 Å². The molecule has 1 unspecified atom stereocenters. The fourth-order valence-electron chi connectivity index (χ4n) is 4.04. The summed E-state index contributed by atoms with van der Waals surface area (Å²) in [4.78, 5) is 34.2. The molecule has 2 aromatic rings. The third kappa shape index (κ3) is 6.93. The van der Waals surface area contributed by atoms with Crippen LogP contribution >= 0.6 is 22.9 Å². The quantitative estimate of drug-likeness (QED) is 0.309. The summed E-state index contributed by atoms with van der Waals surface area (Å²) in [7, 11) is 1.24. The molecule has 194 valence electrons. The first-order valence-electron chi connectivity index (χ1n) is 11.4. The van der Waals surface area contributed by atoms with Gasteiger partial charge < -0.3 is 19.9 Å². The van der Waals surface area contributed by atoms with Crippen LogP contribution in [0.3, 0.4) is 0 Å². The van der Waals surface area contributed by atoms with Gasteiger partial charge in [0.1, 0.15) is 11.9 Å². The summed E-state index contributed by atoms with van der Waals surface area (Å²) in [5.74, 6) is 3.79. The van der Waals surface area contributed by atoms with Crippen LogP contribution in [0, 0.1) is 17.7 Å². The van der Waals surface area contributed by atoms with Gasteiger partial charge in [0.2, 0.25) is 0 Å². The van der Waals surface area contributed by atoms with Crippen LogP contribution in [0.5, 0.6) is 0 Å². The summed E-state index contributed by atoms with van der Waals surface area (Å²) < 4.78 is 24.3. The molecule has 0 amide bonds. The Morgan fingerprint density at radius 1 is 1.43 bits per heavy atom. The molecule has 3 heterocycles. The Kier molecular flexibility index (Phi) is 8.89. The van der Waals surface area contributed by atoms with Crippen LogP contribution in [0.15, 0.2) is 46.0 Å². The molecule has 0 saturated carbocycles. The van der Waals surface area contributed by atoms with Crippen molar-refractivity contribution in [1.82, 2.24) is 15.2 Å². The maximum atomic E-state index is 13.8. The number of aliphatic imine (C=N–C) groups is 1. The Morgan fingerprint density at radius 3 is 2.97 bits per heavy atom. The monoisotopic (exact) mass is 546 g/mol. The maximum absolute atomic E-state index is 13.8. The molecule has 0 radical (unpaired) electrons. The number of hydrogen-bond donors (Lipinski definition) is 2. The Hall–Kier alpha value is -3.30. The maximum Gasteiger partial charge on any atom is 0.384 e. The predicted molar refractivity (Wildman–Crippen MR) is 136 cm³/mol. The first-order chi connectivity index (χ1) is 17.8. The molecule has 2 aliphatic rings. The van der Waals surface area contributed by atoms with Crippen molar-refractivity contribution < 1.29 is 28.6 Å². The van der Waals surface area contributed by atoms with E-state index in [2.05, 4.69) is 27.0 Å². The van der Waals surface area contributed by atoms with E-state index < -0.39 is 23.8 Å². The van der Waals surface area contributed by atoms with Crippen molar-refractivity contribution in [2.24, 2.45) is 4.99 Å². The number of nitrogens with zero attached hydrogens (tertiary/aromatic N) is 3. The highest BCUT2D eigenvalue weighted by atomic mass is 35.5. The molecule has 0 aliphatic carbocycles. The topological polar surface area (TPSA) is 113 Å². The molecule has 1 aromatic heterocycles. The number of nitrogens with one attached hydrogen (secondary N) is 1. The number of methoxy groups -OCH3 is 1. The van der Waals surface area contributed by atoms with Crippen molar-refractivity contribution in [3.8, 4) is 11.8 Å². The smallest absolute Gasteiger partial charge is 0.384 e. The van der Waals surface area contributed by atoms with Gasteiger partial charge in [0.15, 0.2) is 10.8 Å². The number of thiazole rings is 1. The highest BCUT2D eigenvalue weighted by molar-refractivity contribution is 7.11. The highest BCUT2D eigenvalue weighted by Crippen LogP contribution is 2.36. The lowest BCUT2D eigenvalue weighted by atomic mass is 9.95. The SMILES string of the molecule is COC(=O)C#CC1=C(CN2CCO[C@H](CCC(=O)O)C2)NC(c2nccs2)=NC1c1ccc(F)cc1Cl. The van der Waals surface area contributed by atoms with E-state index in [4.69, 9.17) is 31.2 Å². The number of carbonyl (C=O) groups excluding carboxylic acids is 1. The molecule has 12 heteroatoms. The van der Waals surface area contributed by atoms with Crippen LogP contribution < -0.4 is 5.32 Å². The number of rotatable bonds is 7. The first-order valence-corrected chi connectivity index (χ1v) is 12.7. The number of carboxylic acid groups (broad SMARTS) is 1. The second-order valence-electron chi connectivity index (χ2n) is 8.30. The minimum absolute atomic E-state index is 0.0152. The zero-order valence-electron chi connectivity index (χ0n) is 19.9. The molecule has 1 fully saturated rings. The van der Waals surface area contributed by atoms with Crippen molar-refractivity contribution in [3.05, 3.63) is 62.5 Å². The summed E-state index contributed by atoms with van der Waals surface area (Å²) in [5, 5.41) is 15.0. The summed E-state index contributed by atoms with van der Waals surface area (Å²) in [6.07, 6.45) is 1.84. The van der Waals surface area contributed by atoms with E-state index in [1.807, 2.05) is 5.38 Å². The summed E-state index contributed by atoms with van der Waals surface area (Å²) in [5.41, 5.74) is 1.67. The van der Waals surface area contributed by atoms with Gasteiger partial charge in [-0.25, -0.2) is 14.2 Å². The largest absolute Gasteiger partial charge is 0.481 e. The second kappa shape index (κ2) is 12.3. The zero-order chi connectivity index (χ0) is 26.4. The number of amidine groups is 1. The average molecular weight is 547 g/mol. The molecule has 2 aliphatic heterocycles. The number of esters is 1. The van der Waals surface area contributed by atoms with Gasteiger partial charge in [-0.15, -0.1) is 11.3 Å². The van der Waals surface area contributed by atoms with Crippen LogP contribution in [0.4, 0.5) is 4.39 Å². The fraction of sp³-hybridized carbons (Fsp3) is 0.360. The second-order valence-corrected chi connectivity index (χ2v) is 9.60. The number of carboxylic acids is 1. The first kappa shape index (κ1) is 26.8. The van der Waals surface area contributed by atoms with E-state index in [0.717, 1.165) is 0 Å². The van der Waals surface area contributed by atoms with Gasteiger partial charge in [-0.1, -0.05) is 23.6 Å². The van der Waals surface area contributed by atoms with E-state index in [-0.39, 0.29) is 17.5 Å². The molecule has 0 spiro atoms. The zero-order valence-corrected chi connectivity index (χ0v) is 21.4. The minimum Gasteiger partial charge on any atom is -0.481 e. The molecule has 2 atom stereocenters. The summed E-state index contributed by atoms with van der Waals surface area (Å²) in [6, 6.07) is 3.31. The third-order valence-corrected chi connectivity index (χ3v) is 6.89. The lowest BCUT2D eigenvalue weighted by Crippen LogP contribution is -2.46. The number of carbonyl (C=O) groups is 2. The number of ether oxygens (including phenoxy) is 2. The number of halogens is 2. The van der Waals surface area contributed by atoms with Gasteiger partial charge in [-0.3, -0.25) is 14.7 Å². The summed E-state index contributed by atoms with van der Waals surface area (Å²) >= 11 is 7.82. The van der Waals surface area contributed by atoms with Crippen LogP contribution in [0.2, 0.25) is 5.02 Å². The van der Waals surface area contributed by atoms with Crippen molar-refractivity contribution >= 4 is 40.7 Å². The summed E-state index contributed by atoms with van der Waals surface area (Å²) in [6.45, 7) is 1.96. The number of benzene rings is 1. The van der Waals surface area contributed by atoms with E-state index in [1.165, 1.54) is 30.6 Å². The van der Waals surface area contributed by atoms with Crippen molar-refractivity contribution in [2.45, 2.75) is 25.0 Å². The molecule has 9 nitrogen and oxygen atoms in total. The number of aromatic nitrogens is 1. The minimum atomic E-state index is -0.874. The van der Waals surface area contributed by atoms with Gasteiger partial charge in [0.05, 0.1) is 25.4 Å². The Morgan fingerprint density at radius 2 is 2.27 bits per heavy atom. The molecule has 4 rings (SSSR count). The fourth-order valence-corrected chi connectivity index (χ4v) is 4.90. The number of morpholine rings is 1. The van der Waals surface area contributed by atoms with Crippen LogP contribution in [0.1, 0.15) is 29.5 Å². The van der Waals surface area contributed by atoms with Gasteiger partial charge in [-0.05, 0) is 18.6 Å². The lowest BCUT2D eigenvalue weighted by molar-refractivity contribution is -0.138. The van der Waals surface area contributed by atoms with Crippen LogP contribution in [-0.2, 0) is 19.1 Å². The normalized spacial score (nSPS) is 19.9. The molecule has 37 heavy (non-hydrogen) atoms. The Balaban J connectivity index is 1.73. The molecular formula is C25H24ClFN4O5S. The highest BCUT2D eigenvalue weighted by Gasteiger charge is 2.30. The average Bonchev–Trinajstić information content (AvgIpc) is 3.42. The van der Waals surface area contributed by atoms with Crippen LogP contribution in [0.25, 0.3) is 0 Å². The van der Waals surface area contributed by atoms with E-state index in [9.17, 15) is 14.0 Å². The third-order valence-electron chi connectivity index (χ3n) is 5.79. The number of aliphatic carboxylic acids is 1. The lowest BCUT2D eigenvalue weighted by Gasteiger charge is -2.35. The van der Waals surface area contributed by atoms with Gasteiger partial charge in [0, 0.05) is 59.8 Å². The van der Waals surface area contributed by atoms with E-state index >= 15 is 0 Å². The predicted octanol–water partition coefficient (Wildman–Crippen LogP) is 3.02. The standard InChI is InChI=1S/C25H24ClFN4O5S/c1-35-22(34)7-5-18-20(14-31-9-10-36-16(13-31)3-6-21(32)33)29-24(25-28-8-11-37-25)30-23(18)17-4-2-15(27)12-19(17)26/h2,4,8,11-12,16,23H,3,6,9-10,13-14H2,1H3,(H,29,30)(H,32,33)/t16-,23?/m1/s1. The van der Waals surface area contributed by atoms with Crippen LogP contribution in [-0.4, -0.2) is 72.2 Å². The number of hydrogen-bond acceptors (Lipinski definition) is 9. The van der Waals surface area contributed by atoms with E-state index in [0.29, 0.717) is 60.3 Å². The van der Waals surface area contributed by atoms with Gasteiger partial charge >= 0.3 is 11.9 Å². The Labute approximate surface area is 222 Å². The Bertz CT molecular complexity index is 1290. The molecular weight excluding hydrogens is 523 g/mol. The van der Waals surface area contributed by atoms with Gasteiger partial charge in [0.25, 0.3) is 0 Å². The van der Waals surface area contributed by atoms with Gasteiger partial charge in [-0.2, -0.15) is 0 Å². The molecule has 0 bridgehead atoms. The van der Waals surface area contributed by atoms with Crippen molar-refractivity contribution in [3.63, 3.8) is 0 Å². The molecule has 1 saturated heterocycles. The van der Waals surface area contributed by atoms with Crippen molar-refractivity contribution in [1.29, 1.82) is 0 Å². The molecule has 1 aromatic carbocycles. The molecule has 2 N–H and O–H groups in total.